The van der Waals surface area contributed by atoms with E-state index in [2.05, 4.69) is 14.3 Å². The van der Waals surface area contributed by atoms with Gasteiger partial charge in [0, 0.05) is 37.8 Å². The van der Waals surface area contributed by atoms with Gasteiger partial charge in [0.05, 0.1) is 26.1 Å². The number of aromatic nitrogens is 3. The summed E-state index contributed by atoms with van der Waals surface area (Å²) in [6.45, 7) is 7.19. The first-order valence-corrected chi connectivity index (χ1v) is 10.5. The second-order valence-corrected chi connectivity index (χ2v) is 7.61. The number of halogens is 1. The molecule has 0 saturated carbocycles. The van der Waals surface area contributed by atoms with Gasteiger partial charge in [0.25, 0.3) is 5.56 Å². The molecule has 3 heterocycles. The zero-order valence-corrected chi connectivity index (χ0v) is 17.1. The Morgan fingerprint density at radius 1 is 1.28 bits per heavy atom. The second kappa shape index (κ2) is 8.98. The Bertz CT molecular complexity index is 1050. The number of morpholine rings is 1. The number of aryl methyl sites for hydroxylation is 1. The molecule has 29 heavy (non-hydrogen) atoms. The monoisotopic (exact) mass is 418 g/mol. The SMILES string of the molecule is CCOc1ccc(-c2nsc3c(=O)n(CCCN4CCOCC4)cnc23)c(F)c1. The van der Waals surface area contributed by atoms with Gasteiger partial charge in [-0.3, -0.25) is 14.3 Å². The van der Waals surface area contributed by atoms with Crippen molar-refractivity contribution in [2.24, 2.45) is 0 Å². The summed E-state index contributed by atoms with van der Waals surface area (Å²) in [4.78, 5) is 19.6. The highest BCUT2D eigenvalue weighted by molar-refractivity contribution is 7.13. The van der Waals surface area contributed by atoms with E-state index in [1.54, 1.807) is 16.7 Å². The van der Waals surface area contributed by atoms with Gasteiger partial charge in [-0.2, -0.15) is 4.37 Å². The highest BCUT2D eigenvalue weighted by Crippen LogP contribution is 2.31. The van der Waals surface area contributed by atoms with Crippen molar-refractivity contribution in [3.8, 4) is 17.0 Å². The lowest BCUT2D eigenvalue weighted by Gasteiger charge is -2.26. The molecule has 1 saturated heterocycles. The van der Waals surface area contributed by atoms with Crippen molar-refractivity contribution in [2.45, 2.75) is 19.9 Å². The van der Waals surface area contributed by atoms with Gasteiger partial charge in [0.1, 0.15) is 27.5 Å². The van der Waals surface area contributed by atoms with E-state index in [1.807, 2.05) is 6.92 Å². The molecule has 0 N–H and O–H groups in total. The summed E-state index contributed by atoms with van der Waals surface area (Å²) >= 11 is 1.06. The standard InChI is InChI=1S/C20H23FN4O3S/c1-2-28-14-4-5-15(16(21)12-14)17-18-19(29-23-17)20(26)25(13-22-18)7-3-6-24-8-10-27-11-9-24/h4-5,12-13H,2-3,6-11H2,1H3. The molecule has 0 radical (unpaired) electrons. The molecular weight excluding hydrogens is 395 g/mol. The summed E-state index contributed by atoms with van der Waals surface area (Å²) in [5.41, 5.74) is 1.01. The van der Waals surface area contributed by atoms with E-state index in [4.69, 9.17) is 9.47 Å². The van der Waals surface area contributed by atoms with Gasteiger partial charge in [0.15, 0.2) is 0 Å². The van der Waals surface area contributed by atoms with E-state index in [0.29, 0.717) is 40.4 Å². The van der Waals surface area contributed by atoms with E-state index < -0.39 is 5.82 Å². The van der Waals surface area contributed by atoms with Crippen LogP contribution in [0.3, 0.4) is 0 Å². The second-order valence-electron chi connectivity index (χ2n) is 6.83. The fraction of sp³-hybridized carbons (Fsp3) is 0.450. The summed E-state index contributed by atoms with van der Waals surface area (Å²) in [5, 5.41) is 0. The Morgan fingerprint density at radius 2 is 2.10 bits per heavy atom. The molecule has 3 aromatic rings. The van der Waals surface area contributed by atoms with Crippen LogP contribution < -0.4 is 10.3 Å². The van der Waals surface area contributed by atoms with Crippen LogP contribution in [0.25, 0.3) is 21.5 Å². The molecule has 0 amide bonds. The van der Waals surface area contributed by atoms with Crippen molar-refractivity contribution >= 4 is 21.7 Å². The zero-order chi connectivity index (χ0) is 20.2. The van der Waals surface area contributed by atoms with Crippen molar-refractivity contribution in [3.05, 3.63) is 40.7 Å². The highest BCUT2D eigenvalue weighted by Gasteiger charge is 2.18. The van der Waals surface area contributed by atoms with Crippen LogP contribution in [0.2, 0.25) is 0 Å². The van der Waals surface area contributed by atoms with Gasteiger partial charge in [0.2, 0.25) is 0 Å². The highest BCUT2D eigenvalue weighted by atomic mass is 32.1. The van der Waals surface area contributed by atoms with E-state index >= 15 is 0 Å². The average Bonchev–Trinajstić information content (AvgIpc) is 3.15. The quantitative estimate of drug-likeness (QED) is 0.588. The smallest absolute Gasteiger partial charge is 0.272 e. The number of fused-ring (bicyclic) bond motifs is 1. The molecule has 1 aliphatic heterocycles. The van der Waals surface area contributed by atoms with Gasteiger partial charge >= 0.3 is 0 Å². The summed E-state index contributed by atoms with van der Waals surface area (Å²) in [5.74, 6) is 0.0171. The molecule has 1 aromatic carbocycles. The number of rotatable bonds is 7. The van der Waals surface area contributed by atoms with Gasteiger partial charge in [-0.15, -0.1) is 0 Å². The minimum Gasteiger partial charge on any atom is -0.494 e. The average molecular weight is 418 g/mol. The Labute approximate surface area is 171 Å². The van der Waals surface area contributed by atoms with Gasteiger partial charge in [-0.05, 0) is 37.0 Å². The summed E-state index contributed by atoms with van der Waals surface area (Å²) in [6.07, 6.45) is 2.39. The van der Waals surface area contributed by atoms with Gasteiger partial charge < -0.3 is 9.47 Å². The van der Waals surface area contributed by atoms with E-state index in [-0.39, 0.29) is 5.56 Å². The number of hydrogen-bond acceptors (Lipinski definition) is 7. The Morgan fingerprint density at radius 3 is 2.86 bits per heavy atom. The molecule has 0 aliphatic carbocycles. The molecule has 4 rings (SSSR count). The lowest BCUT2D eigenvalue weighted by Crippen LogP contribution is -2.37. The zero-order valence-electron chi connectivity index (χ0n) is 16.3. The van der Waals surface area contributed by atoms with Crippen LogP contribution in [0.4, 0.5) is 4.39 Å². The van der Waals surface area contributed by atoms with Crippen LogP contribution in [0.1, 0.15) is 13.3 Å². The molecule has 0 unspecified atom stereocenters. The van der Waals surface area contributed by atoms with Crippen LogP contribution in [-0.2, 0) is 11.3 Å². The summed E-state index contributed by atoms with van der Waals surface area (Å²) < 4.78 is 31.6. The number of nitrogens with zero attached hydrogens (tertiary/aromatic N) is 4. The largest absolute Gasteiger partial charge is 0.494 e. The minimum atomic E-state index is -0.445. The minimum absolute atomic E-state index is 0.132. The summed E-state index contributed by atoms with van der Waals surface area (Å²) in [6, 6.07) is 4.64. The van der Waals surface area contributed by atoms with E-state index in [1.165, 1.54) is 12.4 Å². The third-order valence-corrected chi connectivity index (χ3v) is 5.76. The third-order valence-electron chi connectivity index (χ3n) is 4.93. The Balaban J connectivity index is 1.53. The van der Waals surface area contributed by atoms with Gasteiger partial charge in [-0.25, -0.2) is 9.37 Å². The van der Waals surface area contributed by atoms with Crippen LogP contribution in [-0.4, -0.2) is 58.3 Å². The molecule has 0 bridgehead atoms. The van der Waals surface area contributed by atoms with E-state index in [0.717, 1.165) is 50.8 Å². The molecule has 154 valence electrons. The van der Waals surface area contributed by atoms with Crippen LogP contribution in [0, 0.1) is 5.82 Å². The molecule has 7 nitrogen and oxygen atoms in total. The van der Waals surface area contributed by atoms with Crippen LogP contribution in [0.5, 0.6) is 5.75 Å². The molecule has 0 atom stereocenters. The fourth-order valence-corrected chi connectivity index (χ4v) is 4.22. The lowest BCUT2D eigenvalue weighted by molar-refractivity contribution is 0.0369. The number of hydrogen-bond donors (Lipinski definition) is 0. The fourth-order valence-electron chi connectivity index (χ4n) is 3.43. The third kappa shape index (κ3) is 4.31. The first-order valence-electron chi connectivity index (χ1n) is 9.75. The Hall–Kier alpha value is -2.36. The maximum absolute atomic E-state index is 14.5. The first kappa shape index (κ1) is 19.9. The van der Waals surface area contributed by atoms with Crippen molar-refractivity contribution in [3.63, 3.8) is 0 Å². The maximum Gasteiger partial charge on any atom is 0.272 e. The topological polar surface area (TPSA) is 69.5 Å². The van der Waals surface area contributed by atoms with Crippen molar-refractivity contribution in [2.75, 3.05) is 39.5 Å². The van der Waals surface area contributed by atoms with Crippen molar-refractivity contribution in [1.82, 2.24) is 18.8 Å². The summed E-state index contributed by atoms with van der Waals surface area (Å²) in [7, 11) is 0. The predicted octanol–water partition coefficient (Wildman–Crippen LogP) is 2.78. The Kier molecular flexibility index (Phi) is 6.17. The molecule has 1 aliphatic rings. The van der Waals surface area contributed by atoms with Gasteiger partial charge in [-0.1, -0.05) is 0 Å². The van der Waals surface area contributed by atoms with E-state index in [9.17, 15) is 9.18 Å². The van der Waals surface area contributed by atoms with Crippen LogP contribution in [0.15, 0.2) is 29.3 Å². The van der Waals surface area contributed by atoms with Crippen molar-refractivity contribution < 1.29 is 13.9 Å². The normalized spacial score (nSPS) is 15.1. The van der Waals surface area contributed by atoms with Crippen molar-refractivity contribution in [1.29, 1.82) is 0 Å². The maximum atomic E-state index is 14.5. The number of benzene rings is 1. The first-order chi connectivity index (χ1) is 14.2. The molecule has 0 spiro atoms. The van der Waals surface area contributed by atoms with Crippen LogP contribution >= 0.6 is 11.5 Å². The molecule has 2 aromatic heterocycles. The number of ether oxygens (including phenoxy) is 2. The molecular formula is C20H23FN4O3S. The predicted molar refractivity (Wildman–Crippen MR) is 110 cm³/mol. The lowest BCUT2D eigenvalue weighted by atomic mass is 10.1. The molecule has 9 heteroatoms. The molecule has 1 fully saturated rings.